The molecule has 14 heavy (non-hydrogen) atoms. The molecule has 1 heterocycles. The van der Waals surface area contributed by atoms with E-state index < -0.39 is 11.9 Å². The Balaban J connectivity index is 2.85. The van der Waals surface area contributed by atoms with E-state index in [0.29, 0.717) is 11.5 Å². The van der Waals surface area contributed by atoms with Gasteiger partial charge in [-0.05, 0) is 0 Å². The van der Waals surface area contributed by atoms with Crippen molar-refractivity contribution < 1.29 is 19.8 Å². The summed E-state index contributed by atoms with van der Waals surface area (Å²) in [6.07, 6.45) is 1.03. The third-order valence-corrected chi connectivity index (χ3v) is 1.82. The van der Waals surface area contributed by atoms with E-state index in [1.54, 1.807) is 7.05 Å². The number of aromatic nitrogens is 2. The van der Waals surface area contributed by atoms with E-state index in [1.165, 1.54) is 10.8 Å². The zero-order valence-electron chi connectivity index (χ0n) is 7.60. The minimum atomic E-state index is -0.986. The Morgan fingerprint density at radius 1 is 1.36 bits per heavy atom. The highest BCUT2D eigenvalue weighted by molar-refractivity contribution is 5.70. The first-order valence-corrected chi connectivity index (χ1v) is 3.93. The van der Waals surface area contributed by atoms with Crippen molar-refractivity contribution >= 4 is 11.9 Å². The summed E-state index contributed by atoms with van der Waals surface area (Å²) in [6, 6.07) is 0. The molecule has 1 aromatic rings. The van der Waals surface area contributed by atoms with Crippen molar-refractivity contribution in [3.8, 4) is 0 Å². The first-order valence-electron chi connectivity index (χ1n) is 3.93. The van der Waals surface area contributed by atoms with Crippen molar-refractivity contribution in [2.45, 2.75) is 12.8 Å². The summed E-state index contributed by atoms with van der Waals surface area (Å²) in [4.78, 5) is 24.6. The molecule has 76 valence electrons. The zero-order valence-corrected chi connectivity index (χ0v) is 7.60. The van der Waals surface area contributed by atoms with Gasteiger partial charge in [-0.15, -0.1) is 0 Å². The molecule has 0 aliphatic rings. The normalized spacial score (nSPS) is 10.1. The Morgan fingerprint density at radius 2 is 1.93 bits per heavy atom. The molecule has 0 atom stereocenters. The van der Waals surface area contributed by atoms with Crippen molar-refractivity contribution in [1.82, 2.24) is 9.55 Å². The first-order chi connectivity index (χ1) is 6.50. The molecule has 2 N–H and O–H groups in total. The van der Waals surface area contributed by atoms with Crippen LogP contribution < -0.4 is 0 Å². The fourth-order valence-electron chi connectivity index (χ4n) is 1.11. The second kappa shape index (κ2) is 3.91. The molecule has 0 aromatic carbocycles. The van der Waals surface area contributed by atoms with Gasteiger partial charge in [-0.25, -0.2) is 4.98 Å². The minimum Gasteiger partial charge on any atom is -0.481 e. The Kier molecular flexibility index (Phi) is 2.85. The summed E-state index contributed by atoms with van der Waals surface area (Å²) in [5.74, 6) is -1.59. The molecule has 1 rings (SSSR count). The van der Waals surface area contributed by atoms with Crippen molar-refractivity contribution in [1.29, 1.82) is 0 Å². The molecular weight excluding hydrogens is 188 g/mol. The number of hydrogen-bond acceptors (Lipinski definition) is 3. The number of carboxylic acid groups (broad SMARTS) is 2. The molecule has 0 aliphatic carbocycles. The Morgan fingerprint density at radius 3 is 2.43 bits per heavy atom. The van der Waals surface area contributed by atoms with E-state index in [0.717, 1.165) is 0 Å². The molecule has 0 spiro atoms. The average Bonchev–Trinajstić information content (AvgIpc) is 2.34. The highest BCUT2D eigenvalue weighted by Crippen LogP contribution is 2.04. The lowest BCUT2D eigenvalue weighted by molar-refractivity contribution is -0.137. The molecule has 0 fully saturated rings. The van der Waals surface area contributed by atoms with Crippen LogP contribution in [0.2, 0.25) is 0 Å². The van der Waals surface area contributed by atoms with Gasteiger partial charge in [0.05, 0.1) is 6.42 Å². The van der Waals surface area contributed by atoms with Gasteiger partial charge in [0.15, 0.2) is 0 Å². The maximum absolute atomic E-state index is 10.4. The molecule has 0 saturated heterocycles. The molecule has 0 aliphatic heterocycles. The van der Waals surface area contributed by atoms with Gasteiger partial charge >= 0.3 is 11.9 Å². The number of hydrogen-bond donors (Lipinski definition) is 2. The van der Waals surface area contributed by atoms with Crippen molar-refractivity contribution in [3.63, 3.8) is 0 Å². The van der Waals surface area contributed by atoms with Crippen molar-refractivity contribution in [2.75, 3.05) is 0 Å². The predicted octanol–water partition coefficient (Wildman–Crippen LogP) is -0.326. The second-order valence-electron chi connectivity index (χ2n) is 2.87. The van der Waals surface area contributed by atoms with Gasteiger partial charge in [-0.2, -0.15) is 0 Å². The number of carbonyl (C=O) groups is 2. The Bertz CT molecular complexity index is 336. The molecule has 6 nitrogen and oxygen atoms in total. The molecule has 0 unspecified atom stereocenters. The quantitative estimate of drug-likeness (QED) is 0.691. The van der Waals surface area contributed by atoms with E-state index in [2.05, 4.69) is 4.98 Å². The van der Waals surface area contributed by atoms with Gasteiger partial charge < -0.3 is 14.8 Å². The van der Waals surface area contributed by atoms with Gasteiger partial charge in [0, 0.05) is 18.9 Å². The van der Waals surface area contributed by atoms with Crippen LogP contribution in [0.3, 0.4) is 0 Å². The minimum absolute atomic E-state index is 0.150. The summed E-state index contributed by atoms with van der Waals surface area (Å²) in [5, 5.41) is 17.0. The van der Waals surface area contributed by atoms with E-state index in [1.807, 2.05) is 0 Å². The van der Waals surface area contributed by atoms with Gasteiger partial charge in [-0.1, -0.05) is 0 Å². The van der Waals surface area contributed by atoms with E-state index in [-0.39, 0.29) is 12.8 Å². The van der Waals surface area contributed by atoms with Crippen LogP contribution in [0.1, 0.15) is 11.5 Å². The molecule has 0 radical (unpaired) electrons. The number of aliphatic carboxylic acids is 2. The summed E-state index contributed by atoms with van der Waals surface area (Å²) in [5.41, 5.74) is 0.494. The molecule has 0 amide bonds. The van der Waals surface area contributed by atoms with Gasteiger partial charge in [0.1, 0.15) is 12.2 Å². The summed E-state index contributed by atoms with van der Waals surface area (Å²) < 4.78 is 1.49. The van der Waals surface area contributed by atoms with Crippen LogP contribution in [0, 0.1) is 0 Å². The van der Waals surface area contributed by atoms with Crippen LogP contribution >= 0.6 is 0 Å². The molecule has 0 saturated carbocycles. The maximum atomic E-state index is 10.4. The standard InChI is InChI=1S/C8H10N2O4/c1-10-5(2-7(11)12)4-9-6(10)3-8(13)14/h4H,2-3H2,1H3,(H,11,12)(H,13,14). The predicted molar refractivity (Wildman–Crippen MR) is 45.9 cm³/mol. The van der Waals surface area contributed by atoms with E-state index in [9.17, 15) is 9.59 Å². The lowest BCUT2D eigenvalue weighted by Gasteiger charge is -2.01. The molecule has 0 bridgehead atoms. The monoisotopic (exact) mass is 198 g/mol. The highest BCUT2D eigenvalue weighted by atomic mass is 16.4. The number of imidazole rings is 1. The summed E-state index contributed by atoms with van der Waals surface area (Å²) in [7, 11) is 1.60. The number of nitrogens with zero attached hydrogens (tertiary/aromatic N) is 2. The van der Waals surface area contributed by atoms with Gasteiger partial charge in [0.2, 0.25) is 0 Å². The zero-order chi connectivity index (χ0) is 10.7. The Hall–Kier alpha value is -1.85. The van der Waals surface area contributed by atoms with Gasteiger partial charge in [0.25, 0.3) is 0 Å². The van der Waals surface area contributed by atoms with Crippen molar-refractivity contribution in [3.05, 3.63) is 17.7 Å². The topological polar surface area (TPSA) is 92.4 Å². The number of carboxylic acids is 2. The van der Waals surface area contributed by atoms with Gasteiger partial charge in [-0.3, -0.25) is 9.59 Å². The molecule has 1 aromatic heterocycles. The summed E-state index contributed by atoms with van der Waals surface area (Å²) >= 11 is 0. The average molecular weight is 198 g/mol. The van der Waals surface area contributed by atoms with Crippen LogP contribution in [-0.2, 0) is 29.5 Å². The van der Waals surface area contributed by atoms with Crippen LogP contribution in [0.25, 0.3) is 0 Å². The largest absolute Gasteiger partial charge is 0.481 e. The molecule has 6 heteroatoms. The first kappa shape index (κ1) is 10.2. The van der Waals surface area contributed by atoms with Crippen LogP contribution in [0.4, 0.5) is 0 Å². The highest BCUT2D eigenvalue weighted by Gasteiger charge is 2.11. The third-order valence-electron chi connectivity index (χ3n) is 1.82. The fourth-order valence-corrected chi connectivity index (χ4v) is 1.11. The van der Waals surface area contributed by atoms with E-state index in [4.69, 9.17) is 10.2 Å². The van der Waals surface area contributed by atoms with Crippen molar-refractivity contribution in [2.24, 2.45) is 7.05 Å². The lowest BCUT2D eigenvalue weighted by Crippen LogP contribution is -2.10. The second-order valence-corrected chi connectivity index (χ2v) is 2.87. The third kappa shape index (κ3) is 2.32. The lowest BCUT2D eigenvalue weighted by atomic mass is 10.3. The smallest absolute Gasteiger partial charge is 0.311 e. The molecular formula is C8H10N2O4. The van der Waals surface area contributed by atoms with Crippen LogP contribution in [-0.4, -0.2) is 31.7 Å². The fraction of sp³-hybridized carbons (Fsp3) is 0.375. The van der Waals surface area contributed by atoms with Crippen LogP contribution in [0.15, 0.2) is 6.20 Å². The number of rotatable bonds is 4. The maximum Gasteiger partial charge on any atom is 0.311 e. The van der Waals surface area contributed by atoms with Crippen LogP contribution in [0.5, 0.6) is 0 Å². The SMILES string of the molecule is Cn1c(CC(=O)O)cnc1CC(=O)O. The Labute approximate surface area is 79.8 Å². The van der Waals surface area contributed by atoms with E-state index >= 15 is 0 Å². The summed E-state index contributed by atoms with van der Waals surface area (Å²) in [6.45, 7) is 0.